The minimum atomic E-state index is -0.853. The Morgan fingerprint density at radius 3 is 2.40 bits per heavy atom. The summed E-state index contributed by atoms with van der Waals surface area (Å²) in [5, 5.41) is 34.8. The Morgan fingerprint density at radius 1 is 1.06 bits per heavy atom. The fraction of sp³-hybridized carbons (Fsp3) is 0.0870. The van der Waals surface area contributed by atoms with Crippen molar-refractivity contribution in [3.63, 3.8) is 0 Å². The van der Waals surface area contributed by atoms with E-state index in [0.29, 0.717) is 11.3 Å². The SMILES string of the molecule is COc1cc(N=Nc2ccccc2C(=O)[OH2+])cc(/C=N/N=C(\[S-])Nc2ccc(C)cc2)c1[OH2+].[Cu].[Cu]. The van der Waals surface area contributed by atoms with Crippen LogP contribution in [0.2, 0.25) is 0 Å². The predicted octanol–water partition coefficient (Wildman–Crippen LogP) is 4.07. The molecule has 0 aromatic heterocycles. The summed E-state index contributed by atoms with van der Waals surface area (Å²) in [6.45, 7) is 1.99. The van der Waals surface area contributed by atoms with E-state index >= 15 is 0 Å². The number of ether oxygens (including phenoxy) is 1. The van der Waals surface area contributed by atoms with Crippen LogP contribution in [0.3, 0.4) is 0 Å². The summed E-state index contributed by atoms with van der Waals surface area (Å²) in [6, 6.07) is 17.2. The Kier molecular flexibility index (Phi) is 12.1. The molecule has 0 bridgehead atoms. The van der Waals surface area contributed by atoms with Gasteiger partial charge in [-0.15, -0.1) is 5.11 Å². The number of aryl methyl sites for hydroxylation is 1. The van der Waals surface area contributed by atoms with E-state index in [-0.39, 0.29) is 62.1 Å². The molecule has 0 aliphatic carbocycles. The van der Waals surface area contributed by atoms with E-state index < -0.39 is 5.97 Å². The fourth-order valence-electron chi connectivity index (χ4n) is 2.74. The molecule has 5 N–H and O–H groups in total. The molecule has 2 radical (unpaired) electrons. The number of nitrogens with one attached hydrogen (secondary N) is 1. The average Bonchev–Trinajstić information content (AvgIpc) is 2.80. The number of nitrogens with zero attached hydrogens (tertiary/aromatic N) is 4. The molecule has 0 saturated heterocycles. The Labute approximate surface area is 228 Å². The van der Waals surface area contributed by atoms with E-state index in [9.17, 15) is 4.79 Å². The first kappa shape index (κ1) is 29.8. The number of hydrogen-bond acceptors (Lipinski definition) is 7. The number of hydrogen-bond donors (Lipinski definition) is 1. The van der Waals surface area contributed by atoms with Crippen LogP contribution < -0.4 is 10.1 Å². The maximum absolute atomic E-state index is 11.5. The van der Waals surface area contributed by atoms with Crippen molar-refractivity contribution in [1.82, 2.24) is 0 Å². The molecular formula is C23H22Cu2N5O4S+. The third kappa shape index (κ3) is 8.47. The second-order valence-electron chi connectivity index (χ2n) is 6.80. The standard InChI is InChI=1S/C23H21N5O4S.2Cu/c1-14-7-9-16(10-8-14)25-23(33)28-24-13-15-11-17(12-20(32-2)21(15)29)26-27-19-6-4-3-5-18(19)22(30)31;;/h3-13,29H,1-2H3,(H,30,31)(H2,25,28,33);;/p+1/b24-13+,27-26?;;. The van der Waals surface area contributed by atoms with E-state index in [1.165, 1.54) is 25.5 Å². The van der Waals surface area contributed by atoms with Crippen LogP contribution in [0.5, 0.6) is 11.5 Å². The van der Waals surface area contributed by atoms with Crippen LogP contribution in [0.1, 0.15) is 21.5 Å². The van der Waals surface area contributed by atoms with Gasteiger partial charge in [0.25, 0.3) is 0 Å². The molecule has 0 unspecified atom stereocenters. The molecule has 9 nitrogen and oxygen atoms in total. The number of amidine groups is 1. The maximum atomic E-state index is 11.5. The largest absolute Gasteiger partial charge is 0.741 e. The van der Waals surface area contributed by atoms with Crippen LogP contribution in [0.4, 0.5) is 17.1 Å². The van der Waals surface area contributed by atoms with Crippen molar-refractivity contribution >= 4 is 47.0 Å². The molecule has 0 saturated carbocycles. The van der Waals surface area contributed by atoms with Crippen molar-refractivity contribution in [3.05, 3.63) is 77.4 Å². The molecule has 0 aliphatic heterocycles. The molecule has 12 heteroatoms. The van der Waals surface area contributed by atoms with Gasteiger partial charge in [0.1, 0.15) is 5.69 Å². The number of rotatable bonds is 7. The zero-order chi connectivity index (χ0) is 23.8. The minimum Gasteiger partial charge on any atom is -0.741 e. The first-order valence-corrected chi connectivity index (χ1v) is 10.1. The van der Waals surface area contributed by atoms with Crippen molar-refractivity contribution < 1.29 is 53.9 Å². The van der Waals surface area contributed by atoms with Crippen molar-refractivity contribution in [3.8, 4) is 11.5 Å². The monoisotopic (exact) mass is 590 g/mol. The van der Waals surface area contributed by atoms with Gasteiger partial charge in [0.15, 0.2) is 5.56 Å². The molecule has 0 fully saturated rings. The summed E-state index contributed by atoms with van der Waals surface area (Å²) in [5.74, 6) is -0.499. The van der Waals surface area contributed by atoms with Crippen LogP contribution in [0.25, 0.3) is 0 Å². The van der Waals surface area contributed by atoms with Crippen molar-refractivity contribution in [2.24, 2.45) is 20.4 Å². The summed E-state index contributed by atoms with van der Waals surface area (Å²) in [4.78, 5) is 11.5. The van der Waals surface area contributed by atoms with Gasteiger partial charge in [0.05, 0.1) is 24.6 Å². The summed E-state index contributed by atoms with van der Waals surface area (Å²) in [5.41, 5.74) is 3.09. The number of carbonyl (C=O) groups is 1. The normalized spacial score (nSPS) is 11.1. The van der Waals surface area contributed by atoms with Gasteiger partial charge in [0, 0.05) is 55.9 Å². The number of methoxy groups -OCH3 is 1. The van der Waals surface area contributed by atoms with Crippen molar-refractivity contribution in [2.45, 2.75) is 6.92 Å². The van der Waals surface area contributed by atoms with Crippen LogP contribution >= 0.6 is 0 Å². The summed E-state index contributed by atoms with van der Waals surface area (Å²) < 4.78 is 5.25. The smallest absolute Gasteiger partial charge is 0.551 e. The van der Waals surface area contributed by atoms with Gasteiger partial charge in [0.2, 0.25) is 5.75 Å². The van der Waals surface area contributed by atoms with Crippen molar-refractivity contribution in [1.29, 1.82) is 0 Å². The van der Waals surface area contributed by atoms with Crippen molar-refractivity contribution in [2.75, 3.05) is 12.4 Å². The van der Waals surface area contributed by atoms with Gasteiger partial charge in [-0.25, -0.2) is 0 Å². The molecule has 3 rings (SSSR count). The zero-order valence-electron chi connectivity index (χ0n) is 18.5. The molecule has 35 heavy (non-hydrogen) atoms. The van der Waals surface area contributed by atoms with E-state index in [0.717, 1.165) is 11.3 Å². The zero-order valence-corrected chi connectivity index (χ0v) is 21.2. The number of azo groups is 1. The quantitative estimate of drug-likeness (QED) is 0.0844. The summed E-state index contributed by atoms with van der Waals surface area (Å²) in [7, 11) is 1.44. The Hall–Kier alpha value is -3.27. The third-order valence-corrected chi connectivity index (χ3v) is 4.59. The van der Waals surface area contributed by atoms with E-state index in [2.05, 4.69) is 25.7 Å². The number of carbonyl (C=O) groups excluding carboxylic acids is 1. The van der Waals surface area contributed by atoms with Gasteiger partial charge < -0.3 is 32.9 Å². The van der Waals surface area contributed by atoms with Gasteiger partial charge in [-0.05, 0) is 37.3 Å². The Bertz CT molecular complexity index is 1250. The van der Waals surface area contributed by atoms with E-state index in [4.69, 9.17) is 27.6 Å². The maximum Gasteiger partial charge on any atom is 0.551 e. The first-order valence-electron chi connectivity index (χ1n) is 9.69. The summed E-state index contributed by atoms with van der Waals surface area (Å²) >= 11 is 5.18. The molecule has 3 aromatic rings. The average molecular weight is 592 g/mol. The number of benzene rings is 3. The van der Waals surface area contributed by atoms with Crippen LogP contribution in [0, 0.1) is 6.92 Å². The van der Waals surface area contributed by atoms with Crippen LogP contribution in [0.15, 0.2) is 81.1 Å². The minimum absolute atomic E-state index is 0. The second-order valence-corrected chi connectivity index (χ2v) is 7.19. The Morgan fingerprint density at radius 2 is 1.74 bits per heavy atom. The van der Waals surface area contributed by atoms with Gasteiger partial charge >= 0.3 is 11.7 Å². The predicted molar refractivity (Wildman–Crippen MR) is 132 cm³/mol. The van der Waals surface area contributed by atoms with E-state index in [1.54, 1.807) is 24.3 Å². The molecule has 0 atom stereocenters. The van der Waals surface area contributed by atoms with Gasteiger partial charge in [-0.1, -0.05) is 29.8 Å². The Balaban J connectivity index is 0.00000306. The molecule has 0 heterocycles. The fourth-order valence-corrected chi connectivity index (χ4v) is 2.90. The van der Waals surface area contributed by atoms with Crippen LogP contribution in [-0.2, 0) is 46.8 Å². The second kappa shape index (κ2) is 14.2. The molecule has 0 aliphatic rings. The first-order chi connectivity index (χ1) is 15.9. The van der Waals surface area contributed by atoms with E-state index in [1.807, 2.05) is 31.2 Å². The topological polar surface area (TPSA) is 134 Å². The molecule has 0 amide bonds. The summed E-state index contributed by atoms with van der Waals surface area (Å²) in [6.07, 6.45) is 1.37. The number of anilines is 1. The van der Waals surface area contributed by atoms with Crippen LogP contribution in [-0.4, -0.2) is 34.7 Å². The van der Waals surface area contributed by atoms with Gasteiger partial charge in [-0.3, -0.25) is 0 Å². The molecule has 0 spiro atoms. The molecule has 3 aromatic carbocycles. The molecule has 190 valence electrons. The van der Waals surface area contributed by atoms with Gasteiger partial charge in [-0.2, -0.15) is 15.3 Å². The third-order valence-electron chi connectivity index (χ3n) is 4.41. The molecular weight excluding hydrogens is 569 g/mol.